The van der Waals surface area contributed by atoms with Crippen molar-refractivity contribution in [3.05, 3.63) is 60.5 Å². The van der Waals surface area contributed by atoms with Gasteiger partial charge in [0.25, 0.3) is 0 Å². The molecule has 8 nitrogen and oxygen atoms in total. The fraction of sp³-hybridized carbons (Fsp3) is 0.318. The molecule has 0 spiro atoms. The summed E-state index contributed by atoms with van der Waals surface area (Å²) in [5, 5.41) is 10.4. The molecule has 0 unspecified atom stereocenters. The molecule has 0 bridgehead atoms. The molecule has 4 rings (SSSR count). The van der Waals surface area contributed by atoms with Crippen LogP contribution >= 0.6 is 0 Å². The lowest BCUT2D eigenvalue weighted by atomic mass is 10.1. The minimum Gasteiger partial charge on any atom is -0.423 e. The number of rotatable bonds is 7. The number of carbonyl (C=O) groups is 1. The maximum atomic E-state index is 12.7. The third-order valence-corrected chi connectivity index (χ3v) is 7.18. The summed E-state index contributed by atoms with van der Waals surface area (Å²) in [5.74, 6) is 0.253. The van der Waals surface area contributed by atoms with E-state index in [1.807, 2.05) is 6.07 Å². The van der Waals surface area contributed by atoms with Crippen molar-refractivity contribution in [2.75, 3.05) is 18.4 Å². The van der Waals surface area contributed by atoms with E-state index in [9.17, 15) is 13.2 Å². The lowest BCUT2D eigenvalue weighted by Crippen LogP contribution is -2.35. The molecule has 1 fully saturated rings. The van der Waals surface area contributed by atoms with Crippen molar-refractivity contribution in [1.29, 1.82) is 0 Å². The van der Waals surface area contributed by atoms with Gasteiger partial charge in [-0.05, 0) is 55.2 Å². The van der Waals surface area contributed by atoms with Gasteiger partial charge >= 0.3 is 0 Å². The number of amides is 1. The van der Waals surface area contributed by atoms with Gasteiger partial charge in [0.2, 0.25) is 28.2 Å². The zero-order chi connectivity index (χ0) is 21.7. The van der Waals surface area contributed by atoms with Crippen LogP contribution in [-0.2, 0) is 21.2 Å². The van der Waals surface area contributed by atoms with Gasteiger partial charge in [0.05, 0.1) is 4.90 Å². The normalized spacial score (nSPS) is 15.0. The van der Waals surface area contributed by atoms with Crippen LogP contribution in [0.25, 0.3) is 11.5 Å². The van der Waals surface area contributed by atoms with Gasteiger partial charge in [-0.2, -0.15) is 4.31 Å². The number of nitrogens with one attached hydrogen (secondary N) is 1. The van der Waals surface area contributed by atoms with E-state index in [4.69, 9.17) is 4.42 Å². The van der Waals surface area contributed by atoms with Crippen LogP contribution in [0.4, 0.5) is 5.69 Å². The highest BCUT2D eigenvalue weighted by molar-refractivity contribution is 7.89. The first-order valence-corrected chi connectivity index (χ1v) is 11.7. The molecule has 1 aliphatic rings. The number of piperidine rings is 1. The number of anilines is 1. The Morgan fingerprint density at radius 3 is 2.55 bits per heavy atom. The summed E-state index contributed by atoms with van der Waals surface area (Å²) in [6.07, 6.45) is 4.94. The minimum absolute atomic E-state index is 0.132. The standard InChI is InChI=1S/C22H24N4O4S/c27-21(24-19-6-4-5-18(15-19)22-25-23-16-30-22)12-9-17-7-10-20(11-8-17)31(28,29)26-13-2-1-3-14-26/h4-8,10-11,15-16H,1-3,9,12-14H2,(H,24,27). The van der Waals surface area contributed by atoms with Crippen LogP contribution in [0, 0.1) is 0 Å². The van der Waals surface area contributed by atoms with Crippen LogP contribution in [-0.4, -0.2) is 41.9 Å². The summed E-state index contributed by atoms with van der Waals surface area (Å²) in [6.45, 7) is 1.16. The predicted molar refractivity (Wildman–Crippen MR) is 116 cm³/mol. The van der Waals surface area contributed by atoms with Crippen LogP contribution in [0.3, 0.4) is 0 Å². The van der Waals surface area contributed by atoms with Gasteiger partial charge in [0, 0.05) is 30.8 Å². The average Bonchev–Trinajstić information content (AvgIpc) is 3.34. The Balaban J connectivity index is 1.33. The van der Waals surface area contributed by atoms with Crippen LogP contribution in [0.2, 0.25) is 0 Å². The summed E-state index contributed by atoms with van der Waals surface area (Å²) in [4.78, 5) is 12.7. The number of hydrogen-bond acceptors (Lipinski definition) is 6. The number of carbonyl (C=O) groups excluding carboxylic acids is 1. The van der Waals surface area contributed by atoms with Crippen molar-refractivity contribution in [2.45, 2.75) is 37.0 Å². The Labute approximate surface area is 181 Å². The van der Waals surface area contributed by atoms with Gasteiger partial charge < -0.3 is 9.73 Å². The number of nitrogens with zero attached hydrogens (tertiary/aromatic N) is 3. The molecule has 0 radical (unpaired) electrons. The van der Waals surface area contributed by atoms with Crippen molar-refractivity contribution in [2.24, 2.45) is 0 Å². The van der Waals surface area contributed by atoms with E-state index >= 15 is 0 Å². The highest BCUT2D eigenvalue weighted by atomic mass is 32.2. The predicted octanol–water partition coefficient (Wildman–Crippen LogP) is 3.48. The largest absolute Gasteiger partial charge is 0.423 e. The molecular formula is C22H24N4O4S. The Morgan fingerprint density at radius 1 is 1.06 bits per heavy atom. The smallest absolute Gasteiger partial charge is 0.247 e. The number of benzene rings is 2. The molecule has 0 saturated carbocycles. The van der Waals surface area contributed by atoms with E-state index in [-0.39, 0.29) is 12.3 Å². The summed E-state index contributed by atoms with van der Waals surface area (Å²) in [6, 6.07) is 14.0. The first kappa shape index (κ1) is 21.2. The molecule has 2 aromatic carbocycles. The van der Waals surface area contributed by atoms with Gasteiger partial charge in [-0.1, -0.05) is 24.6 Å². The lowest BCUT2D eigenvalue weighted by molar-refractivity contribution is -0.116. The highest BCUT2D eigenvalue weighted by Crippen LogP contribution is 2.22. The lowest BCUT2D eigenvalue weighted by Gasteiger charge is -2.25. The Morgan fingerprint density at radius 2 is 1.84 bits per heavy atom. The Bertz CT molecular complexity index is 1120. The fourth-order valence-corrected chi connectivity index (χ4v) is 5.11. The summed E-state index contributed by atoms with van der Waals surface area (Å²) < 4.78 is 32.2. The van der Waals surface area contributed by atoms with Crippen molar-refractivity contribution >= 4 is 21.6 Å². The van der Waals surface area contributed by atoms with E-state index in [1.165, 1.54) is 6.39 Å². The van der Waals surface area contributed by atoms with Gasteiger partial charge in [0.15, 0.2) is 0 Å². The van der Waals surface area contributed by atoms with E-state index in [1.54, 1.807) is 46.8 Å². The molecule has 1 aromatic heterocycles. The van der Waals surface area contributed by atoms with Gasteiger partial charge in [0.1, 0.15) is 0 Å². The van der Waals surface area contributed by atoms with Crippen molar-refractivity contribution in [3.8, 4) is 11.5 Å². The van der Waals surface area contributed by atoms with Crippen molar-refractivity contribution in [1.82, 2.24) is 14.5 Å². The minimum atomic E-state index is -3.44. The third-order valence-electron chi connectivity index (χ3n) is 5.27. The summed E-state index contributed by atoms with van der Waals surface area (Å²) in [7, 11) is -3.44. The molecule has 9 heteroatoms. The fourth-order valence-electron chi connectivity index (χ4n) is 3.59. The molecular weight excluding hydrogens is 416 g/mol. The third kappa shape index (κ3) is 5.18. The number of aryl methyl sites for hydroxylation is 1. The van der Waals surface area contributed by atoms with Crippen molar-refractivity contribution in [3.63, 3.8) is 0 Å². The molecule has 1 amide bonds. The quantitative estimate of drug-likeness (QED) is 0.603. The van der Waals surface area contributed by atoms with E-state index < -0.39 is 10.0 Å². The van der Waals surface area contributed by atoms with E-state index in [0.717, 1.165) is 30.4 Å². The molecule has 162 valence electrons. The number of sulfonamides is 1. The monoisotopic (exact) mass is 440 g/mol. The molecule has 3 aromatic rings. The molecule has 0 aliphatic carbocycles. The second-order valence-corrected chi connectivity index (χ2v) is 9.42. The topological polar surface area (TPSA) is 105 Å². The Hall–Kier alpha value is -3.04. The van der Waals surface area contributed by atoms with Gasteiger partial charge in [-0.25, -0.2) is 8.42 Å². The Kier molecular flexibility index (Phi) is 6.43. The molecule has 31 heavy (non-hydrogen) atoms. The van der Waals surface area contributed by atoms with Crippen LogP contribution < -0.4 is 5.32 Å². The van der Waals surface area contributed by atoms with Gasteiger partial charge in [-0.15, -0.1) is 10.2 Å². The first-order valence-electron chi connectivity index (χ1n) is 10.3. The SMILES string of the molecule is O=C(CCc1ccc(S(=O)(=O)N2CCCCC2)cc1)Nc1cccc(-c2nnco2)c1. The maximum absolute atomic E-state index is 12.7. The second kappa shape index (κ2) is 9.40. The highest BCUT2D eigenvalue weighted by Gasteiger charge is 2.25. The molecule has 1 saturated heterocycles. The second-order valence-electron chi connectivity index (χ2n) is 7.48. The average molecular weight is 441 g/mol. The first-order chi connectivity index (χ1) is 15.0. The summed E-state index contributed by atoms with van der Waals surface area (Å²) in [5.41, 5.74) is 2.27. The van der Waals surface area contributed by atoms with Gasteiger partial charge in [-0.3, -0.25) is 4.79 Å². The van der Waals surface area contributed by atoms with E-state index in [2.05, 4.69) is 15.5 Å². The molecule has 2 heterocycles. The van der Waals surface area contributed by atoms with E-state index in [0.29, 0.717) is 36.0 Å². The molecule has 0 atom stereocenters. The van der Waals surface area contributed by atoms with Crippen LogP contribution in [0.15, 0.2) is 64.2 Å². The van der Waals surface area contributed by atoms with Crippen LogP contribution in [0.1, 0.15) is 31.2 Å². The van der Waals surface area contributed by atoms with Crippen LogP contribution in [0.5, 0.6) is 0 Å². The van der Waals surface area contributed by atoms with Crippen molar-refractivity contribution < 1.29 is 17.6 Å². The number of aromatic nitrogens is 2. The summed E-state index contributed by atoms with van der Waals surface area (Å²) >= 11 is 0. The molecule has 1 N–H and O–H groups in total. The maximum Gasteiger partial charge on any atom is 0.247 e. The zero-order valence-corrected chi connectivity index (χ0v) is 17.8. The molecule has 1 aliphatic heterocycles. The number of hydrogen-bond donors (Lipinski definition) is 1. The zero-order valence-electron chi connectivity index (χ0n) is 17.0.